The van der Waals surface area contributed by atoms with Gasteiger partial charge in [-0.1, -0.05) is 24.6 Å². The quantitative estimate of drug-likeness (QED) is 0.803. The summed E-state index contributed by atoms with van der Waals surface area (Å²) in [5.41, 5.74) is 0.0604. The van der Waals surface area contributed by atoms with Crippen LogP contribution in [0, 0.1) is 0 Å². The van der Waals surface area contributed by atoms with E-state index in [9.17, 15) is 23.1 Å². The smallest absolute Gasteiger partial charge is 0.416 e. The van der Waals surface area contributed by atoms with Gasteiger partial charge in [-0.25, -0.2) is 0 Å². The molecule has 1 saturated heterocycles. The molecule has 1 unspecified atom stereocenters. The molecule has 3 nitrogen and oxygen atoms in total. The molecule has 1 aliphatic heterocycles. The number of hydrogen-bond donors (Lipinski definition) is 1. The van der Waals surface area contributed by atoms with Gasteiger partial charge >= 0.3 is 12.1 Å². The molecule has 1 aliphatic rings. The number of rotatable bonds is 6. The lowest BCUT2D eigenvalue weighted by Gasteiger charge is -2.32. The molecule has 1 aromatic carbocycles. The highest BCUT2D eigenvalue weighted by atomic mass is 19.4. The number of nitrogens with zero attached hydrogens (tertiary/aromatic N) is 1. The van der Waals surface area contributed by atoms with Gasteiger partial charge in [0.25, 0.3) is 0 Å². The van der Waals surface area contributed by atoms with Gasteiger partial charge in [-0.15, -0.1) is 0 Å². The second kappa shape index (κ2) is 7.81. The molecule has 0 spiro atoms. The third-order valence-electron chi connectivity index (χ3n) is 4.31. The van der Waals surface area contributed by atoms with Crippen molar-refractivity contribution in [3.8, 4) is 0 Å². The summed E-state index contributed by atoms with van der Waals surface area (Å²) in [5, 5.41) is 9.20. The van der Waals surface area contributed by atoms with Gasteiger partial charge in [0.15, 0.2) is 0 Å². The van der Waals surface area contributed by atoms with Crippen LogP contribution in [0.4, 0.5) is 13.2 Å². The zero-order valence-corrected chi connectivity index (χ0v) is 13.0. The van der Waals surface area contributed by atoms with Crippen LogP contribution in [0.5, 0.6) is 0 Å². The predicted molar refractivity (Wildman–Crippen MR) is 81.2 cm³/mol. The lowest BCUT2D eigenvalue weighted by atomic mass is 10.0. The maximum absolute atomic E-state index is 12.7. The number of carboxylic acids is 1. The molecule has 1 atom stereocenters. The first-order valence-corrected chi connectivity index (χ1v) is 8.01. The number of carbonyl (C=O) groups is 1. The van der Waals surface area contributed by atoms with Crippen LogP contribution in [0.25, 0.3) is 0 Å². The Kier molecular flexibility index (Phi) is 6.04. The first-order chi connectivity index (χ1) is 10.9. The van der Waals surface area contributed by atoms with Crippen LogP contribution >= 0.6 is 0 Å². The van der Waals surface area contributed by atoms with Crippen LogP contribution in [0.2, 0.25) is 0 Å². The summed E-state index contributed by atoms with van der Waals surface area (Å²) >= 11 is 0. The zero-order valence-electron chi connectivity index (χ0n) is 13.0. The molecule has 1 N–H and O–H groups in total. The maximum Gasteiger partial charge on any atom is 0.416 e. The van der Waals surface area contributed by atoms with Gasteiger partial charge in [0.1, 0.15) is 6.04 Å². The summed E-state index contributed by atoms with van der Waals surface area (Å²) in [6.45, 7) is 1.48. The SMILES string of the molecule is O=C(O)C1CCCCN1CCCCc1cccc(C(F)(F)F)c1. The van der Waals surface area contributed by atoms with E-state index in [0.29, 0.717) is 24.9 Å². The number of piperidine rings is 1. The van der Waals surface area contributed by atoms with Crippen molar-refractivity contribution >= 4 is 5.97 Å². The van der Waals surface area contributed by atoms with Crippen molar-refractivity contribution in [3.05, 3.63) is 35.4 Å². The van der Waals surface area contributed by atoms with Crippen molar-refractivity contribution in [1.29, 1.82) is 0 Å². The molecule has 0 aliphatic carbocycles. The van der Waals surface area contributed by atoms with E-state index in [4.69, 9.17) is 0 Å². The van der Waals surface area contributed by atoms with Crippen LogP contribution in [-0.4, -0.2) is 35.1 Å². The minimum Gasteiger partial charge on any atom is -0.480 e. The van der Waals surface area contributed by atoms with E-state index < -0.39 is 23.8 Å². The molecule has 0 bridgehead atoms. The molecule has 0 radical (unpaired) electrons. The third-order valence-corrected chi connectivity index (χ3v) is 4.31. The fourth-order valence-electron chi connectivity index (χ4n) is 3.09. The van der Waals surface area contributed by atoms with Gasteiger partial charge in [0, 0.05) is 0 Å². The topological polar surface area (TPSA) is 40.5 Å². The fraction of sp³-hybridized carbons (Fsp3) is 0.588. The minimum absolute atomic E-state index is 0.405. The van der Waals surface area contributed by atoms with Crippen LogP contribution in [-0.2, 0) is 17.4 Å². The summed E-state index contributed by atoms with van der Waals surface area (Å²) < 4.78 is 38.0. The molecule has 1 heterocycles. The van der Waals surface area contributed by atoms with Crippen LogP contribution in [0.3, 0.4) is 0 Å². The number of alkyl halides is 3. The van der Waals surface area contributed by atoms with Gasteiger partial charge in [-0.3, -0.25) is 9.69 Å². The first-order valence-electron chi connectivity index (χ1n) is 8.01. The predicted octanol–water partition coefficient (Wildman–Crippen LogP) is 3.97. The number of carboxylic acid groups (broad SMARTS) is 1. The van der Waals surface area contributed by atoms with Gasteiger partial charge in [-0.2, -0.15) is 13.2 Å². The van der Waals surface area contributed by atoms with Crippen molar-refractivity contribution in [3.63, 3.8) is 0 Å². The highest BCUT2D eigenvalue weighted by Gasteiger charge is 2.30. The van der Waals surface area contributed by atoms with Crippen molar-refractivity contribution in [2.24, 2.45) is 0 Å². The second-order valence-corrected chi connectivity index (χ2v) is 6.04. The van der Waals surface area contributed by atoms with E-state index in [1.165, 1.54) is 12.1 Å². The number of unbranched alkanes of at least 4 members (excludes halogenated alkanes) is 1. The molecule has 1 aromatic rings. The highest BCUT2D eigenvalue weighted by Crippen LogP contribution is 2.29. The largest absolute Gasteiger partial charge is 0.480 e. The number of halogens is 3. The number of aryl methyl sites for hydroxylation is 1. The molecule has 23 heavy (non-hydrogen) atoms. The average Bonchev–Trinajstić information content (AvgIpc) is 2.51. The van der Waals surface area contributed by atoms with Crippen molar-refractivity contribution < 1.29 is 23.1 Å². The Hall–Kier alpha value is -1.56. The molecule has 0 amide bonds. The molecular formula is C17H22F3NO2. The Morgan fingerprint density at radius 3 is 2.74 bits per heavy atom. The van der Waals surface area contributed by atoms with Gasteiger partial charge in [-0.05, 0) is 56.8 Å². The summed E-state index contributed by atoms with van der Waals surface area (Å²) in [7, 11) is 0. The summed E-state index contributed by atoms with van der Waals surface area (Å²) in [6.07, 6.45) is 0.455. The van der Waals surface area contributed by atoms with Crippen LogP contribution < -0.4 is 0 Å². The number of aliphatic carboxylic acids is 1. The zero-order chi connectivity index (χ0) is 16.9. The Balaban J connectivity index is 1.80. The molecule has 6 heteroatoms. The summed E-state index contributed by atoms with van der Waals surface area (Å²) in [5.74, 6) is -0.775. The lowest BCUT2D eigenvalue weighted by Crippen LogP contribution is -2.44. The molecule has 1 fully saturated rings. The molecular weight excluding hydrogens is 307 g/mol. The van der Waals surface area contributed by atoms with Crippen molar-refractivity contribution in [2.45, 2.75) is 50.7 Å². The molecule has 0 aromatic heterocycles. The number of benzene rings is 1. The number of likely N-dealkylation sites (tertiary alicyclic amines) is 1. The van der Waals surface area contributed by atoms with E-state index >= 15 is 0 Å². The van der Waals surface area contributed by atoms with Crippen LogP contribution in [0.15, 0.2) is 24.3 Å². The lowest BCUT2D eigenvalue weighted by molar-refractivity contribution is -0.144. The summed E-state index contributed by atoms with van der Waals surface area (Å²) in [6, 6.07) is 5.01. The van der Waals surface area contributed by atoms with Gasteiger partial charge in [0.2, 0.25) is 0 Å². The standard InChI is InChI=1S/C17H22F3NO2/c18-17(19,20)14-8-5-7-13(12-14)6-1-3-10-21-11-4-2-9-15(21)16(22)23/h5,7-8,12,15H,1-4,6,9-11H2,(H,22,23). The Morgan fingerprint density at radius 2 is 2.04 bits per heavy atom. The van der Waals surface area contributed by atoms with E-state index in [1.807, 2.05) is 4.90 Å². The van der Waals surface area contributed by atoms with E-state index in [1.54, 1.807) is 6.07 Å². The highest BCUT2D eigenvalue weighted by molar-refractivity contribution is 5.73. The second-order valence-electron chi connectivity index (χ2n) is 6.04. The average molecular weight is 329 g/mol. The van der Waals surface area contributed by atoms with E-state index in [0.717, 1.165) is 38.3 Å². The molecule has 0 saturated carbocycles. The van der Waals surface area contributed by atoms with E-state index in [2.05, 4.69) is 0 Å². The molecule has 128 valence electrons. The monoisotopic (exact) mass is 329 g/mol. The Morgan fingerprint density at radius 1 is 1.26 bits per heavy atom. The normalized spacial score (nSPS) is 19.7. The van der Waals surface area contributed by atoms with Crippen molar-refractivity contribution in [2.75, 3.05) is 13.1 Å². The molecule has 2 rings (SSSR count). The summed E-state index contributed by atoms with van der Waals surface area (Å²) in [4.78, 5) is 13.2. The fourth-order valence-corrected chi connectivity index (χ4v) is 3.09. The number of hydrogen-bond acceptors (Lipinski definition) is 2. The maximum atomic E-state index is 12.7. The van der Waals surface area contributed by atoms with Gasteiger partial charge in [0.05, 0.1) is 5.56 Å². The first kappa shape index (κ1) is 17.8. The Labute approximate surface area is 134 Å². The van der Waals surface area contributed by atoms with Crippen molar-refractivity contribution in [1.82, 2.24) is 4.90 Å². The Bertz CT molecular complexity index is 531. The van der Waals surface area contributed by atoms with Crippen LogP contribution in [0.1, 0.15) is 43.2 Å². The van der Waals surface area contributed by atoms with Gasteiger partial charge < -0.3 is 5.11 Å². The van der Waals surface area contributed by atoms with E-state index in [-0.39, 0.29) is 0 Å². The third kappa shape index (κ3) is 5.23. The minimum atomic E-state index is -4.31.